The molecule has 0 aromatic rings. The van der Waals surface area contributed by atoms with Gasteiger partial charge in [-0.1, -0.05) is 13.8 Å². The third kappa shape index (κ3) is 0.955. The normalized spacial score (nSPS) is 48.3. The van der Waals surface area contributed by atoms with Crippen LogP contribution in [0.1, 0.15) is 27.2 Å². The summed E-state index contributed by atoms with van der Waals surface area (Å²) in [6.07, 6.45) is 0.806. The summed E-state index contributed by atoms with van der Waals surface area (Å²) < 4.78 is 23.4. The fraction of sp³-hybridized carbons (Fsp3) is 1.00. The Kier molecular flexibility index (Phi) is 2.05. The molecule has 0 bridgehead atoms. The maximum atomic E-state index is 11.7. The van der Waals surface area contributed by atoms with Gasteiger partial charge in [0.15, 0.2) is 9.84 Å². The first-order chi connectivity index (χ1) is 6.30. The Labute approximate surface area is 90.9 Å². The van der Waals surface area contributed by atoms with Gasteiger partial charge in [-0.2, -0.15) is 0 Å². The Balaban J connectivity index is 2.39. The fourth-order valence-electron chi connectivity index (χ4n) is 3.65. The summed E-state index contributed by atoms with van der Waals surface area (Å²) in [5.74, 6) is 1.32. The van der Waals surface area contributed by atoms with Crippen LogP contribution in [0.25, 0.3) is 0 Å². The summed E-state index contributed by atoms with van der Waals surface area (Å²) in [5, 5.41) is -0.200. The predicted molar refractivity (Wildman–Crippen MR) is 58.3 cm³/mol. The van der Waals surface area contributed by atoms with Crippen molar-refractivity contribution in [2.45, 2.75) is 32.4 Å². The van der Waals surface area contributed by atoms with Gasteiger partial charge in [0, 0.05) is 5.88 Å². The quantitative estimate of drug-likeness (QED) is 0.654. The summed E-state index contributed by atoms with van der Waals surface area (Å²) >= 11 is 5.92. The SMILES string of the molecule is CC1C2(CCS1(=O)=O)C(CCl)C2(C)C. The monoisotopic (exact) mass is 236 g/mol. The Bertz CT molecular complexity index is 360. The Morgan fingerprint density at radius 2 is 2.00 bits per heavy atom. The lowest BCUT2D eigenvalue weighted by atomic mass is 9.90. The van der Waals surface area contributed by atoms with E-state index in [-0.39, 0.29) is 16.1 Å². The minimum Gasteiger partial charge on any atom is -0.229 e. The third-order valence-corrected chi connectivity index (χ3v) is 7.41. The summed E-state index contributed by atoms with van der Waals surface area (Å²) in [6.45, 7) is 6.16. The van der Waals surface area contributed by atoms with Crippen LogP contribution in [0.15, 0.2) is 0 Å². The molecule has 0 aromatic heterocycles. The van der Waals surface area contributed by atoms with Crippen LogP contribution in [0, 0.1) is 16.7 Å². The van der Waals surface area contributed by atoms with Gasteiger partial charge in [-0.25, -0.2) is 8.42 Å². The van der Waals surface area contributed by atoms with Gasteiger partial charge in [0.25, 0.3) is 0 Å². The lowest BCUT2D eigenvalue weighted by Gasteiger charge is -2.17. The highest BCUT2D eigenvalue weighted by Gasteiger charge is 2.76. The molecule has 3 unspecified atom stereocenters. The molecule has 2 fully saturated rings. The van der Waals surface area contributed by atoms with Crippen molar-refractivity contribution in [2.24, 2.45) is 16.7 Å². The highest BCUT2D eigenvalue weighted by molar-refractivity contribution is 7.92. The number of alkyl halides is 1. The minimum absolute atomic E-state index is 0.0203. The average molecular weight is 237 g/mol. The molecule has 4 heteroatoms. The number of hydrogen-bond acceptors (Lipinski definition) is 2. The summed E-state index contributed by atoms with van der Waals surface area (Å²) in [5.41, 5.74) is 0.0886. The Hall–Kier alpha value is 0.240. The number of halogens is 1. The first-order valence-electron chi connectivity index (χ1n) is 5.08. The fourth-order valence-corrected chi connectivity index (χ4v) is 6.51. The van der Waals surface area contributed by atoms with Crippen molar-refractivity contribution in [1.82, 2.24) is 0 Å². The molecule has 1 spiro atoms. The second kappa shape index (κ2) is 2.67. The van der Waals surface area contributed by atoms with Gasteiger partial charge in [0.2, 0.25) is 0 Å². The van der Waals surface area contributed by atoms with Gasteiger partial charge < -0.3 is 0 Å². The number of hydrogen-bond donors (Lipinski definition) is 0. The second-order valence-electron chi connectivity index (χ2n) is 5.23. The van der Waals surface area contributed by atoms with E-state index < -0.39 is 9.84 Å². The molecule has 2 rings (SSSR count). The van der Waals surface area contributed by atoms with Gasteiger partial charge in [-0.3, -0.25) is 0 Å². The molecule has 1 aliphatic carbocycles. The van der Waals surface area contributed by atoms with Crippen molar-refractivity contribution in [1.29, 1.82) is 0 Å². The van der Waals surface area contributed by atoms with Crippen molar-refractivity contribution in [3.8, 4) is 0 Å². The van der Waals surface area contributed by atoms with Crippen LogP contribution >= 0.6 is 11.6 Å². The van der Waals surface area contributed by atoms with Crippen molar-refractivity contribution in [2.75, 3.05) is 11.6 Å². The summed E-state index contributed by atoms with van der Waals surface area (Å²) in [7, 11) is -2.84. The van der Waals surface area contributed by atoms with E-state index >= 15 is 0 Å². The van der Waals surface area contributed by atoms with Crippen molar-refractivity contribution in [3.63, 3.8) is 0 Å². The van der Waals surface area contributed by atoms with Gasteiger partial charge in [-0.15, -0.1) is 11.6 Å². The van der Waals surface area contributed by atoms with E-state index in [2.05, 4.69) is 13.8 Å². The standard InChI is InChI=1S/C10H17ClO2S/c1-7-10(4-5-14(7,12)13)8(6-11)9(10,2)3/h7-8H,4-6H2,1-3H3. The largest absolute Gasteiger partial charge is 0.229 e. The van der Waals surface area contributed by atoms with E-state index in [1.54, 1.807) is 0 Å². The van der Waals surface area contributed by atoms with Crippen molar-refractivity contribution >= 4 is 21.4 Å². The molecular weight excluding hydrogens is 220 g/mol. The topological polar surface area (TPSA) is 34.1 Å². The van der Waals surface area contributed by atoms with E-state index in [0.717, 1.165) is 6.42 Å². The molecule has 2 aliphatic rings. The Morgan fingerprint density at radius 3 is 2.29 bits per heavy atom. The van der Waals surface area contributed by atoms with E-state index in [1.807, 2.05) is 6.92 Å². The first kappa shape index (κ1) is 10.7. The van der Waals surface area contributed by atoms with Crippen LogP contribution < -0.4 is 0 Å². The molecule has 0 N–H and O–H groups in total. The minimum atomic E-state index is -2.84. The molecule has 0 radical (unpaired) electrons. The average Bonchev–Trinajstić information content (AvgIpc) is 2.46. The molecule has 1 aliphatic heterocycles. The molecule has 3 atom stereocenters. The highest BCUT2D eigenvalue weighted by Crippen LogP contribution is 2.75. The number of rotatable bonds is 1. The van der Waals surface area contributed by atoms with Gasteiger partial charge in [0.1, 0.15) is 0 Å². The van der Waals surface area contributed by atoms with Gasteiger partial charge in [-0.05, 0) is 30.1 Å². The van der Waals surface area contributed by atoms with E-state index in [1.165, 1.54) is 0 Å². The predicted octanol–water partition coefficient (Wildman–Crippen LogP) is 2.07. The van der Waals surface area contributed by atoms with Crippen LogP contribution in [-0.4, -0.2) is 25.3 Å². The van der Waals surface area contributed by atoms with Crippen LogP contribution in [-0.2, 0) is 9.84 Å². The molecule has 14 heavy (non-hydrogen) atoms. The lowest BCUT2D eigenvalue weighted by molar-refractivity contribution is 0.379. The van der Waals surface area contributed by atoms with Crippen molar-refractivity contribution in [3.05, 3.63) is 0 Å². The zero-order valence-electron chi connectivity index (χ0n) is 8.88. The maximum absolute atomic E-state index is 11.7. The summed E-state index contributed by atoms with van der Waals surface area (Å²) in [4.78, 5) is 0. The Morgan fingerprint density at radius 1 is 1.43 bits per heavy atom. The van der Waals surface area contributed by atoms with Gasteiger partial charge >= 0.3 is 0 Å². The highest BCUT2D eigenvalue weighted by atomic mass is 35.5. The van der Waals surface area contributed by atoms with Crippen molar-refractivity contribution < 1.29 is 8.42 Å². The molecule has 1 saturated carbocycles. The smallest absolute Gasteiger partial charge is 0.153 e. The second-order valence-corrected chi connectivity index (χ2v) is 7.98. The zero-order chi connectivity index (χ0) is 10.8. The van der Waals surface area contributed by atoms with E-state index in [9.17, 15) is 8.42 Å². The molecule has 0 amide bonds. The van der Waals surface area contributed by atoms with Crippen LogP contribution in [0.4, 0.5) is 0 Å². The van der Waals surface area contributed by atoms with E-state index in [0.29, 0.717) is 17.6 Å². The van der Waals surface area contributed by atoms with E-state index in [4.69, 9.17) is 11.6 Å². The molecule has 1 heterocycles. The third-order valence-electron chi connectivity index (χ3n) is 4.83. The molecule has 2 nitrogen and oxygen atoms in total. The maximum Gasteiger partial charge on any atom is 0.153 e. The molecule has 82 valence electrons. The number of sulfone groups is 1. The van der Waals surface area contributed by atoms with Crippen LogP contribution in [0.5, 0.6) is 0 Å². The summed E-state index contributed by atoms with van der Waals surface area (Å²) in [6, 6.07) is 0. The lowest BCUT2D eigenvalue weighted by Crippen LogP contribution is -2.23. The van der Waals surface area contributed by atoms with Crippen LogP contribution in [0.2, 0.25) is 0 Å². The molecule has 0 aromatic carbocycles. The van der Waals surface area contributed by atoms with Gasteiger partial charge in [0.05, 0.1) is 11.0 Å². The molecular formula is C10H17ClO2S. The molecule has 1 saturated heterocycles. The first-order valence-corrected chi connectivity index (χ1v) is 7.33. The zero-order valence-corrected chi connectivity index (χ0v) is 10.5. The van der Waals surface area contributed by atoms with Crippen LogP contribution in [0.3, 0.4) is 0 Å².